The van der Waals surface area contributed by atoms with Gasteiger partial charge in [-0.1, -0.05) is 12.1 Å². The molecular formula is C18H17F2IN4O3. The summed E-state index contributed by atoms with van der Waals surface area (Å²) in [6, 6.07) is 7.54. The van der Waals surface area contributed by atoms with Gasteiger partial charge in [-0.2, -0.15) is 8.78 Å². The number of hydrogen-bond donors (Lipinski definition) is 2. The highest BCUT2D eigenvalue weighted by atomic mass is 127. The first kappa shape index (κ1) is 20.4. The molecule has 1 aromatic carbocycles. The van der Waals surface area contributed by atoms with Gasteiger partial charge in [-0.25, -0.2) is 9.97 Å². The molecule has 0 bridgehead atoms. The summed E-state index contributed by atoms with van der Waals surface area (Å²) in [6.07, 6.45) is 1.69. The third kappa shape index (κ3) is 6.08. The van der Waals surface area contributed by atoms with E-state index < -0.39 is 10.0 Å². The fourth-order valence-electron chi connectivity index (χ4n) is 2.42. The van der Waals surface area contributed by atoms with Gasteiger partial charge in [-0.3, -0.25) is 14.9 Å². The highest BCUT2D eigenvalue weighted by Gasteiger charge is 2.30. The molecule has 1 aliphatic rings. The van der Waals surface area contributed by atoms with Crippen molar-refractivity contribution in [3.8, 4) is 5.75 Å². The first-order chi connectivity index (χ1) is 13.2. The summed E-state index contributed by atoms with van der Waals surface area (Å²) in [5.74, 6) is -0.555. The lowest BCUT2D eigenvalue weighted by Crippen LogP contribution is -2.25. The summed E-state index contributed by atoms with van der Waals surface area (Å²) in [5.41, 5.74) is 1.22. The zero-order chi connectivity index (χ0) is 20.3. The summed E-state index contributed by atoms with van der Waals surface area (Å²) in [6.45, 7) is 1.78. The summed E-state index contributed by atoms with van der Waals surface area (Å²) in [4.78, 5) is 32.5. The third-order valence-electron chi connectivity index (χ3n) is 3.86. The van der Waals surface area contributed by atoms with Crippen molar-refractivity contribution in [1.29, 1.82) is 0 Å². The van der Waals surface area contributed by atoms with Crippen LogP contribution in [0.5, 0.6) is 5.75 Å². The molecule has 0 aliphatic heterocycles. The number of alkyl halides is 3. The van der Waals surface area contributed by atoms with Crippen molar-refractivity contribution in [3.63, 3.8) is 0 Å². The lowest BCUT2D eigenvalue weighted by Gasteiger charge is -2.12. The van der Waals surface area contributed by atoms with Crippen LogP contribution in [-0.2, 0) is 11.3 Å². The molecule has 2 amide bonds. The summed E-state index contributed by atoms with van der Waals surface area (Å²) in [5, 5.41) is 5.27. The maximum absolute atomic E-state index is 12.9. The summed E-state index contributed by atoms with van der Waals surface area (Å²) in [7, 11) is 0. The van der Waals surface area contributed by atoms with Crippen LogP contribution in [0.3, 0.4) is 0 Å². The number of nitrogens with one attached hydrogen (secondary N) is 2. The monoisotopic (exact) mass is 502 g/mol. The van der Waals surface area contributed by atoms with E-state index in [-0.39, 0.29) is 35.8 Å². The van der Waals surface area contributed by atoms with Gasteiger partial charge in [0.1, 0.15) is 11.4 Å². The van der Waals surface area contributed by atoms with Gasteiger partial charge >= 0.3 is 4.12 Å². The highest BCUT2D eigenvalue weighted by molar-refractivity contribution is 14.1. The van der Waals surface area contributed by atoms with Gasteiger partial charge < -0.3 is 10.1 Å². The predicted molar refractivity (Wildman–Crippen MR) is 105 cm³/mol. The van der Waals surface area contributed by atoms with Crippen LogP contribution in [-0.4, -0.2) is 25.9 Å². The Morgan fingerprint density at radius 2 is 2.04 bits per heavy atom. The van der Waals surface area contributed by atoms with Crippen LogP contribution in [0, 0.1) is 12.8 Å². The Labute approximate surface area is 173 Å². The second kappa shape index (κ2) is 8.33. The summed E-state index contributed by atoms with van der Waals surface area (Å²) >= 11 is 0.884. The standard InChI is InChI=1S/C18H17F2IN4O3/c1-10-7-14(24-17(23-10)25-15(26)12-5-6-12)16(27)22-9-11-3-2-4-13(8-11)28-18(19,20)21/h2-4,7-8,12H,5-6,9H2,1H3,(H,22,27)(H,23,24,25,26). The molecule has 1 saturated carbocycles. The van der Waals surface area contributed by atoms with Crippen LogP contribution in [0.25, 0.3) is 0 Å². The van der Waals surface area contributed by atoms with E-state index in [1.54, 1.807) is 19.1 Å². The largest absolute Gasteiger partial charge is 0.451 e. The van der Waals surface area contributed by atoms with Gasteiger partial charge in [-0.15, -0.1) is 0 Å². The first-order valence-electron chi connectivity index (χ1n) is 8.49. The Bertz CT molecular complexity index is 901. The Hall–Kier alpha value is -2.37. The molecule has 1 aliphatic carbocycles. The zero-order valence-corrected chi connectivity index (χ0v) is 17.0. The van der Waals surface area contributed by atoms with E-state index in [9.17, 15) is 18.4 Å². The third-order valence-corrected chi connectivity index (χ3v) is 4.08. The van der Waals surface area contributed by atoms with Crippen molar-refractivity contribution in [2.45, 2.75) is 30.4 Å². The molecule has 7 nitrogen and oxygen atoms in total. The number of amides is 2. The Morgan fingerprint density at radius 1 is 1.29 bits per heavy atom. The van der Waals surface area contributed by atoms with Crippen LogP contribution in [0.15, 0.2) is 30.3 Å². The van der Waals surface area contributed by atoms with Crippen LogP contribution in [0.1, 0.15) is 34.6 Å². The van der Waals surface area contributed by atoms with Crippen molar-refractivity contribution in [2.75, 3.05) is 5.32 Å². The van der Waals surface area contributed by atoms with Crippen molar-refractivity contribution >= 4 is 40.4 Å². The fourth-order valence-corrected chi connectivity index (χ4v) is 2.68. The molecule has 0 atom stereocenters. The van der Waals surface area contributed by atoms with Crippen molar-refractivity contribution in [3.05, 3.63) is 47.3 Å². The number of aromatic nitrogens is 2. The lowest BCUT2D eigenvalue weighted by atomic mass is 10.2. The number of rotatable bonds is 7. The van der Waals surface area contributed by atoms with Crippen molar-refractivity contribution in [2.24, 2.45) is 5.92 Å². The number of carbonyl (C=O) groups excluding carboxylic acids is 2. The minimum Gasteiger partial charge on any atom is -0.425 e. The van der Waals surface area contributed by atoms with Crippen LogP contribution < -0.4 is 15.4 Å². The number of ether oxygens (including phenoxy) is 1. The number of halogens is 3. The number of nitrogens with zero attached hydrogens (tertiary/aromatic N) is 2. The maximum Gasteiger partial charge on any atom is 0.451 e. The summed E-state index contributed by atoms with van der Waals surface area (Å²) < 4.78 is 27.1. The Balaban J connectivity index is 1.64. The van der Waals surface area contributed by atoms with E-state index in [0.29, 0.717) is 11.3 Å². The normalized spacial score (nSPS) is 13.7. The molecule has 0 spiro atoms. The van der Waals surface area contributed by atoms with Gasteiger partial charge in [0.05, 0.1) is 22.6 Å². The predicted octanol–water partition coefficient (Wildman–Crippen LogP) is 3.43. The van der Waals surface area contributed by atoms with Gasteiger partial charge in [0, 0.05) is 18.2 Å². The van der Waals surface area contributed by atoms with Crippen LogP contribution >= 0.6 is 22.6 Å². The second-order valence-electron chi connectivity index (χ2n) is 6.36. The Kier molecular flexibility index (Phi) is 6.06. The molecule has 1 fully saturated rings. The smallest absolute Gasteiger partial charge is 0.425 e. The molecular weight excluding hydrogens is 485 g/mol. The van der Waals surface area contributed by atoms with Gasteiger partial charge in [0.25, 0.3) is 5.91 Å². The lowest BCUT2D eigenvalue weighted by molar-refractivity contribution is -0.117. The topological polar surface area (TPSA) is 93.2 Å². The molecule has 2 N–H and O–H groups in total. The maximum atomic E-state index is 12.9. The molecule has 2 aromatic rings. The van der Waals surface area contributed by atoms with Crippen LogP contribution in [0.4, 0.5) is 14.7 Å². The number of aryl methyl sites for hydroxylation is 1. The molecule has 0 unspecified atom stereocenters. The first-order valence-corrected chi connectivity index (χ1v) is 9.57. The van der Waals surface area contributed by atoms with E-state index in [1.807, 2.05) is 0 Å². The van der Waals surface area contributed by atoms with E-state index in [1.165, 1.54) is 18.2 Å². The SMILES string of the molecule is Cc1cc(C(=O)NCc2cccc(OC(F)(F)I)c2)nc(NC(=O)C2CC2)n1. The molecule has 1 heterocycles. The average molecular weight is 502 g/mol. The number of hydrogen-bond acceptors (Lipinski definition) is 5. The minimum absolute atomic E-state index is 0.00546. The van der Waals surface area contributed by atoms with Crippen molar-refractivity contribution < 1.29 is 23.1 Å². The zero-order valence-electron chi connectivity index (χ0n) is 14.8. The van der Waals surface area contributed by atoms with E-state index in [0.717, 1.165) is 35.4 Å². The van der Waals surface area contributed by atoms with E-state index >= 15 is 0 Å². The van der Waals surface area contributed by atoms with E-state index in [4.69, 9.17) is 0 Å². The highest BCUT2D eigenvalue weighted by Crippen LogP contribution is 2.30. The molecule has 10 heteroatoms. The second-order valence-corrected chi connectivity index (χ2v) is 7.62. The number of carbonyl (C=O) groups is 2. The number of benzene rings is 1. The average Bonchev–Trinajstić information content (AvgIpc) is 3.43. The van der Waals surface area contributed by atoms with E-state index in [2.05, 4.69) is 25.3 Å². The molecule has 28 heavy (non-hydrogen) atoms. The molecule has 1 aromatic heterocycles. The molecule has 0 radical (unpaired) electrons. The van der Waals surface area contributed by atoms with Gasteiger partial charge in [0.15, 0.2) is 0 Å². The van der Waals surface area contributed by atoms with Gasteiger partial charge in [0.2, 0.25) is 11.9 Å². The molecule has 3 rings (SSSR count). The molecule has 0 saturated heterocycles. The Morgan fingerprint density at radius 3 is 2.71 bits per heavy atom. The number of anilines is 1. The fraction of sp³-hybridized carbons (Fsp3) is 0.333. The quantitative estimate of drug-likeness (QED) is 0.447. The molecule has 148 valence electrons. The minimum atomic E-state index is -3.32. The van der Waals surface area contributed by atoms with Gasteiger partial charge in [-0.05, 0) is 43.5 Å². The van der Waals surface area contributed by atoms with Crippen molar-refractivity contribution in [1.82, 2.24) is 15.3 Å². The van der Waals surface area contributed by atoms with Crippen LogP contribution in [0.2, 0.25) is 0 Å².